The third-order valence-corrected chi connectivity index (χ3v) is 4.66. The van der Waals surface area contributed by atoms with Crippen molar-refractivity contribution < 1.29 is 9.47 Å². The third kappa shape index (κ3) is 5.45. The first-order chi connectivity index (χ1) is 13.3. The molecule has 27 heavy (non-hydrogen) atoms. The van der Waals surface area contributed by atoms with Gasteiger partial charge in [0.25, 0.3) is 0 Å². The van der Waals surface area contributed by atoms with Crippen LogP contribution in [0.5, 0.6) is 5.75 Å². The van der Waals surface area contributed by atoms with Gasteiger partial charge >= 0.3 is 0 Å². The van der Waals surface area contributed by atoms with Crippen molar-refractivity contribution in [1.82, 2.24) is 0 Å². The zero-order valence-corrected chi connectivity index (χ0v) is 16.2. The van der Waals surface area contributed by atoms with Crippen molar-refractivity contribution in [2.45, 2.75) is 38.9 Å². The minimum atomic E-state index is -0.144. The van der Waals surface area contributed by atoms with Gasteiger partial charge in [-0.05, 0) is 42.2 Å². The smallest absolute Gasteiger partial charge is 0.149 e. The average molecular weight is 360 g/mol. The molecule has 0 amide bonds. The number of hydrogen-bond acceptors (Lipinski definition) is 2. The highest BCUT2D eigenvalue weighted by atomic mass is 16.5. The van der Waals surface area contributed by atoms with E-state index < -0.39 is 0 Å². The second-order valence-electron chi connectivity index (χ2n) is 6.77. The molecule has 0 fully saturated rings. The summed E-state index contributed by atoms with van der Waals surface area (Å²) >= 11 is 0. The highest BCUT2D eigenvalue weighted by Crippen LogP contribution is 2.29. The fraction of sp³-hybridized carbons (Fsp3) is 0.280. The van der Waals surface area contributed by atoms with Crippen LogP contribution in [-0.2, 0) is 4.74 Å². The molecule has 0 spiro atoms. The molecule has 2 nitrogen and oxygen atoms in total. The molecule has 0 unspecified atom stereocenters. The molecule has 0 aromatic heterocycles. The number of rotatable bonds is 9. The highest BCUT2D eigenvalue weighted by Gasteiger charge is 2.22. The molecule has 0 heterocycles. The first kappa shape index (κ1) is 19.2. The van der Waals surface area contributed by atoms with Crippen molar-refractivity contribution in [2.24, 2.45) is 0 Å². The van der Waals surface area contributed by atoms with Gasteiger partial charge < -0.3 is 9.47 Å². The Morgan fingerprint density at radius 2 is 1.33 bits per heavy atom. The molecule has 3 aromatic carbocycles. The van der Waals surface area contributed by atoms with Crippen LogP contribution in [0, 0.1) is 0 Å². The molecule has 0 N–H and O–H groups in total. The van der Waals surface area contributed by atoms with Crippen molar-refractivity contribution in [3.63, 3.8) is 0 Å². The van der Waals surface area contributed by atoms with Crippen LogP contribution in [-0.4, -0.2) is 12.7 Å². The Balaban J connectivity index is 1.80. The minimum Gasteiger partial charge on any atom is -0.483 e. The maximum absolute atomic E-state index is 6.31. The van der Waals surface area contributed by atoms with Crippen LogP contribution >= 0.6 is 0 Å². The van der Waals surface area contributed by atoms with Crippen molar-refractivity contribution in [2.75, 3.05) is 6.61 Å². The molecule has 0 aliphatic heterocycles. The molecule has 0 saturated carbocycles. The Kier molecular flexibility index (Phi) is 7.06. The van der Waals surface area contributed by atoms with E-state index in [1.807, 2.05) is 36.4 Å². The van der Waals surface area contributed by atoms with Gasteiger partial charge in [-0.1, -0.05) is 86.1 Å². The Hall–Kier alpha value is -2.58. The van der Waals surface area contributed by atoms with Gasteiger partial charge in [-0.2, -0.15) is 0 Å². The molecule has 2 heteroatoms. The lowest BCUT2D eigenvalue weighted by Crippen LogP contribution is -2.24. The Morgan fingerprint density at radius 1 is 0.741 bits per heavy atom. The standard InChI is InChI=1S/C25H28O2/c1-3-4-19-26-20(2)25(27-24-13-9-6-10-14-24)23-17-15-22(16-18-23)21-11-7-5-8-12-21/h5-18,20,25H,3-4,19H2,1-2H3/t20-,25-/m0/s1. The Bertz CT molecular complexity index is 782. The summed E-state index contributed by atoms with van der Waals surface area (Å²) in [6, 6.07) is 29.0. The van der Waals surface area contributed by atoms with E-state index in [-0.39, 0.29) is 12.2 Å². The van der Waals surface area contributed by atoms with Gasteiger partial charge in [-0.25, -0.2) is 0 Å². The molecule has 140 valence electrons. The van der Waals surface area contributed by atoms with E-state index in [0.717, 1.165) is 30.8 Å². The monoisotopic (exact) mass is 360 g/mol. The second kappa shape index (κ2) is 9.94. The Morgan fingerprint density at radius 3 is 1.96 bits per heavy atom. The third-order valence-electron chi connectivity index (χ3n) is 4.66. The lowest BCUT2D eigenvalue weighted by atomic mass is 10.00. The van der Waals surface area contributed by atoms with Crippen molar-refractivity contribution >= 4 is 0 Å². The lowest BCUT2D eigenvalue weighted by Gasteiger charge is -2.26. The predicted octanol–water partition coefficient (Wildman–Crippen LogP) is 6.68. The van der Waals surface area contributed by atoms with E-state index >= 15 is 0 Å². The SMILES string of the molecule is CCCCO[C@@H](C)[C@H](Oc1ccccc1)c1ccc(-c2ccccc2)cc1. The van der Waals surface area contributed by atoms with Gasteiger partial charge in [0.05, 0.1) is 6.10 Å². The fourth-order valence-corrected chi connectivity index (χ4v) is 3.08. The van der Waals surface area contributed by atoms with E-state index in [0.29, 0.717) is 0 Å². The quantitative estimate of drug-likeness (QED) is 0.396. The predicted molar refractivity (Wildman–Crippen MR) is 112 cm³/mol. The summed E-state index contributed by atoms with van der Waals surface area (Å²) in [6.07, 6.45) is 2.02. The molecule has 0 bridgehead atoms. The van der Waals surface area contributed by atoms with Gasteiger partial charge in [0.1, 0.15) is 11.9 Å². The Labute approximate surface area is 162 Å². The first-order valence-electron chi connectivity index (χ1n) is 9.76. The van der Waals surface area contributed by atoms with E-state index in [1.54, 1.807) is 0 Å². The van der Waals surface area contributed by atoms with Gasteiger partial charge in [-0.15, -0.1) is 0 Å². The number of para-hydroxylation sites is 1. The number of benzene rings is 3. The number of ether oxygens (including phenoxy) is 2. The van der Waals surface area contributed by atoms with Crippen molar-refractivity contribution in [1.29, 1.82) is 0 Å². The van der Waals surface area contributed by atoms with E-state index in [9.17, 15) is 0 Å². The molecular formula is C25H28O2. The molecule has 0 aliphatic rings. The van der Waals surface area contributed by atoms with Crippen LogP contribution in [0.15, 0.2) is 84.9 Å². The molecule has 0 aliphatic carbocycles. The summed E-state index contributed by atoms with van der Waals surface area (Å²) in [5, 5.41) is 0. The van der Waals surface area contributed by atoms with Crippen LogP contribution in [0.25, 0.3) is 11.1 Å². The highest BCUT2D eigenvalue weighted by molar-refractivity contribution is 5.63. The van der Waals surface area contributed by atoms with Crippen LogP contribution in [0.3, 0.4) is 0 Å². The molecule has 3 rings (SSSR count). The molecule has 0 saturated heterocycles. The van der Waals surface area contributed by atoms with Crippen LogP contribution < -0.4 is 4.74 Å². The lowest BCUT2D eigenvalue weighted by molar-refractivity contribution is -0.0171. The number of unbranched alkanes of at least 4 members (excludes halogenated alkanes) is 1. The first-order valence-corrected chi connectivity index (χ1v) is 9.76. The van der Waals surface area contributed by atoms with Crippen LogP contribution in [0.2, 0.25) is 0 Å². The molecule has 0 radical (unpaired) electrons. The normalized spacial score (nSPS) is 13.1. The van der Waals surface area contributed by atoms with Gasteiger partial charge in [0.15, 0.2) is 0 Å². The van der Waals surface area contributed by atoms with Crippen LogP contribution in [0.4, 0.5) is 0 Å². The van der Waals surface area contributed by atoms with E-state index in [1.165, 1.54) is 11.1 Å². The van der Waals surface area contributed by atoms with E-state index in [4.69, 9.17) is 9.47 Å². The van der Waals surface area contributed by atoms with Gasteiger partial charge in [-0.3, -0.25) is 0 Å². The fourth-order valence-electron chi connectivity index (χ4n) is 3.08. The average Bonchev–Trinajstić information content (AvgIpc) is 2.74. The molecular weight excluding hydrogens is 332 g/mol. The van der Waals surface area contributed by atoms with Gasteiger partial charge in [0, 0.05) is 6.61 Å². The topological polar surface area (TPSA) is 18.5 Å². The summed E-state index contributed by atoms with van der Waals surface area (Å²) in [4.78, 5) is 0. The maximum atomic E-state index is 6.31. The molecule has 2 atom stereocenters. The number of hydrogen-bond donors (Lipinski definition) is 0. The zero-order valence-electron chi connectivity index (χ0n) is 16.2. The largest absolute Gasteiger partial charge is 0.483 e. The zero-order chi connectivity index (χ0) is 18.9. The molecule has 3 aromatic rings. The second-order valence-corrected chi connectivity index (χ2v) is 6.77. The van der Waals surface area contributed by atoms with Gasteiger partial charge in [0.2, 0.25) is 0 Å². The summed E-state index contributed by atoms with van der Waals surface area (Å²) < 4.78 is 12.4. The summed E-state index contributed by atoms with van der Waals surface area (Å²) in [6.45, 7) is 5.02. The minimum absolute atomic E-state index is 0.0284. The van der Waals surface area contributed by atoms with E-state index in [2.05, 4.69) is 62.4 Å². The summed E-state index contributed by atoms with van der Waals surface area (Å²) in [5.74, 6) is 0.862. The van der Waals surface area contributed by atoms with Crippen molar-refractivity contribution in [3.8, 4) is 16.9 Å². The summed E-state index contributed by atoms with van der Waals surface area (Å²) in [5.41, 5.74) is 3.55. The van der Waals surface area contributed by atoms with Crippen LogP contribution in [0.1, 0.15) is 38.4 Å². The van der Waals surface area contributed by atoms with Crippen molar-refractivity contribution in [3.05, 3.63) is 90.5 Å². The maximum Gasteiger partial charge on any atom is 0.149 e. The summed E-state index contributed by atoms with van der Waals surface area (Å²) in [7, 11) is 0.